The second-order valence-electron chi connectivity index (χ2n) is 14.2. The second-order valence-corrected chi connectivity index (χ2v) is 16.8. The van der Waals surface area contributed by atoms with E-state index in [1.165, 1.54) is 18.2 Å². The van der Waals surface area contributed by atoms with Crippen molar-refractivity contribution in [1.29, 1.82) is 0 Å². The minimum Gasteiger partial charge on any atom is -0.405 e. The molecule has 0 saturated heterocycles. The summed E-state index contributed by atoms with van der Waals surface area (Å²) in [6, 6.07) is 20.9. The largest absolute Gasteiger partial charge is 0.573 e. The number of aliphatic imine (C=N–C) groups is 1. The first-order chi connectivity index (χ1) is 29.7. The Morgan fingerprint density at radius 2 is 1.65 bits per heavy atom. The van der Waals surface area contributed by atoms with Gasteiger partial charge in [0.1, 0.15) is 22.6 Å². The molecule has 1 atom stereocenters. The molecule has 1 aliphatic rings. The molecule has 318 valence electrons. The number of nitrogens with one attached hydrogen (secondary N) is 3. The van der Waals surface area contributed by atoms with Crippen molar-refractivity contribution in [3.8, 4) is 10.8 Å². The van der Waals surface area contributed by atoms with Gasteiger partial charge in [-0.3, -0.25) is 23.9 Å². The van der Waals surface area contributed by atoms with E-state index in [9.17, 15) is 27.6 Å². The topological polar surface area (TPSA) is 170 Å². The summed E-state index contributed by atoms with van der Waals surface area (Å²) >= 11 is 8.99. The van der Waals surface area contributed by atoms with Crippen molar-refractivity contribution in [1.82, 2.24) is 45.3 Å². The molecule has 0 aliphatic carbocycles. The minimum absolute atomic E-state index is 0.00900. The van der Waals surface area contributed by atoms with E-state index >= 15 is 0 Å². The van der Waals surface area contributed by atoms with Crippen molar-refractivity contribution in [3.63, 3.8) is 0 Å². The van der Waals surface area contributed by atoms with Gasteiger partial charge < -0.3 is 20.7 Å². The van der Waals surface area contributed by atoms with Crippen molar-refractivity contribution in [2.75, 3.05) is 18.8 Å². The van der Waals surface area contributed by atoms with Gasteiger partial charge in [0, 0.05) is 39.5 Å². The molecule has 8 rings (SSSR count). The Labute approximate surface area is 365 Å². The molecule has 7 aromatic rings. The number of alkyl halides is 3. The first kappa shape index (κ1) is 42.4. The number of nitrogens with zero attached hydrogens (tertiary/aromatic N) is 7. The number of thiophene rings is 1. The Kier molecular flexibility index (Phi) is 12.0. The maximum Gasteiger partial charge on any atom is 0.573 e. The third kappa shape index (κ3) is 9.00. The number of benzene rings is 3. The number of aromatic nitrogens is 6. The maximum absolute atomic E-state index is 13.4. The van der Waals surface area contributed by atoms with Crippen LogP contribution in [0.4, 0.5) is 13.2 Å². The van der Waals surface area contributed by atoms with E-state index in [0.29, 0.717) is 38.6 Å². The van der Waals surface area contributed by atoms with E-state index in [1.807, 2.05) is 60.0 Å². The molecule has 1 unspecified atom stereocenters. The summed E-state index contributed by atoms with van der Waals surface area (Å²) in [6.07, 6.45) is -4.98. The van der Waals surface area contributed by atoms with E-state index in [4.69, 9.17) is 21.6 Å². The zero-order valence-corrected chi connectivity index (χ0v) is 35.6. The fourth-order valence-corrected chi connectivity index (χ4v) is 9.11. The van der Waals surface area contributed by atoms with Crippen molar-refractivity contribution in [3.05, 3.63) is 128 Å². The molecule has 0 fully saturated rings. The number of carbonyl (C=O) groups is 3. The lowest BCUT2D eigenvalue weighted by atomic mass is 9.99. The van der Waals surface area contributed by atoms with Crippen LogP contribution >= 0.6 is 34.7 Å². The minimum atomic E-state index is -4.97. The molecule has 0 bridgehead atoms. The van der Waals surface area contributed by atoms with Crippen LogP contribution < -0.4 is 20.7 Å². The van der Waals surface area contributed by atoms with Gasteiger partial charge in [-0.25, -0.2) is 9.50 Å². The summed E-state index contributed by atoms with van der Waals surface area (Å²) in [4.78, 5) is 50.4. The number of amides is 3. The molecule has 0 spiro atoms. The third-order valence-corrected chi connectivity index (χ3v) is 12.3. The molecule has 62 heavy (non-hydrogen) atoms. The van der Waals surface area contributed by atoms with E-state index in [2.05, 4.69) is 49.8 Å². The highest BCUT2D eigenvalue weighted by atomic mass is 35.5. The van der Waals surface area contributed by atoms with E-state index in [-0.39, 0.29) is 49.2 Å². The molecule has 0 saturated carbocycles. The van der Waals surface area contributed by atoms with E-state index in [1.54, 1.807) is 21.9 Å². The molecular weight excluding hydrogens is 865 g/mol. The normalized spacial score (nSPS) is 13.6. The summed E-state index contributed by atoms with van der Waals surface area (Å²) in [5, 5.41) is 24.4. The van der Waals surface area contributed by atoms with Crippen LogP contribution in [0.5, 0.6) is 5.75 Å². The van der Waals surface area contributed by atoms with Gasteiger partial charge in [0.05, 0.1) is 46.7 Å². The summed E-state index contributed by atoms with van der Waals surface area (Å²) in [5.41, 5.74) is 5.05. The van der Waals surface area contributed by atoms with Gasteiger partial charge in [-0.2, -0.15) is 5.10 Å². The first-order valence-electron chi connectivity index (χ1n) is 19.2. The van der Waals surface area contributed by atoms with Crippen molar-refractivity contribution < 1.29 is 32.3 Å². The summed E-state index contributed by atoms with van der Waals surface area (Å²) in [7, 11) is 0. The zero-order chi connectivity index (χ0) is 43.7. The van der Waals surface area contributed by atoms with Gasteiger partial charge in [0.15, 0.2) is 11.0 Å². The monoisotopic (exact) mass is 900 g/mol. The van der Waals surface area contributed by atoms with Gasteiger partial charge >= 0.3 is 6.36 Å². The lowest BCUT2D eigenvalue weighted by Gasteiger charge is -2.13. The van der Waals surface area contributed by atoms with Crippen LogP contribution in [0.15, 0.2) is 89.0 Å². The molecule has 3 N–H and O–H groups in total. The number of ether oxygens (including phenoxy) is 1. The summed E-state index contributed by atoms with van der Waals surface area (Å²) in [6.45, 7) is 6.19. The van der Waals surface area contributed by atoms with Gasteiger partial charge in [0.25, 0.3) is 5.91 Å². The number of hydrogen-bond donors (Lipinski definition) is 3. The number of rotatable bonds is 13. The first-order valence-corrected chi connectivity index (χ1v) is 21.3. The molecule has 0 radical (unpaired) electrons. The van der Waals surface area contributed by atoms with Gasteiger partial charge in [0.2, 0.25) is 11.8 Å². The average molecular weight is 901 g/mol. The Bertz CT molecular complexity index is 2890. The number of aryl methyl sites for hydroxylation is 2. The lowest BCUT2D eigenvalue weighted by Crippen LogP contribution is -2.36. The Hall–Kier alpha value is -6.31. The predicted octanol–water partition coefficient (Wildman–Crippen LogP) is 7.24. The van der Waals surface area contributed by atoms with Crippen LogP contribution in [0, 0.1) is 20.8 Å². The van der Waals surface area contributed by atoms with Gasteiger partial charge in [-0.1, -0.05) is 65.8 Å². The van der Waals surface area contributed by atoms with Crippen molar-refractivity contribution in [2.45, 2.75) is 51.3 Å². The third-order valence-electron chi connectivity index (χ3n) is 9.96. The lowest BCUT2D eigenvalue weighted by molar-refractivity contribution is -0.274. The molecule has 3 amide bonds. The zero-order valence-electron chi connectivity index (χ0n) is 33.2. The van der Waals surface area contributed by atoms with Crippen LogP contribution in [0.3, 0.4) is 0 Å². The smallest absolute Gasteiger partial charge is 0.405 e. The summed E-state index contributed by atoms with van der Waals surface area (Å²) in [5.74, 6) is -0.793. The van der Waals surface area contributed by atoms with E-state index in [0.717, 1.165) is 55.5 Å². The maximum atomic E-state index is 13.4. The number of para-hydroxylation sites is 2. The van der Waals surface area contributed by atoms with Crippen LogP contribution in [-0.2, 0) is 16.1 Å². The second kappa shape index (κ2) is 17.6. The molecule has 1 aliphatic heterocycles. The van der Waals surface area contributed by atoms with Crippen molar-refractivity contribution in [2.24, 2.45) is 4.99 Å². The van der Waals surface area contributed by atoms with Crippen LogP contribution in [-0.4, -0.2) is 78.0 Å². The SMILES string of the molecule is Cc1sc2c(c1C)C(c1ccc(Cl)cc1)=NC(CC(=O)NCCNC(=O)CSc1nc3ccccc3c3cc(CNC(=O)c4ccccc4OC(F)(F)F)nn13)c1nnc(C)n1-2. The number of hydrogen-bond acceptors (Lipinski definition) is 11. The van der Waals surface area contributed by atoms with E-state index < -0.39 is 24.1 Å². The highest BCUT2D eigenvalue weighted by Crippen LogP contribution is 2.39. The number of fused-ring (bicyclic) bond motifs is 6. The van der Waals surface area contributed by atoms with Crippen LogP contribution in [0.1, 0.15) is 61.7 Å². The Balaban J connectivity index is 0.898. The Morgan fingerprint density at radius 1 is 0.919 bits per heavy atom. The fourth-order valence-electron chi connectivity index (χ4n) is 6.98. The summed E-state index contributed by atoms with van der Waals surface area (Å²) < 4.78 is 46.4. The molecular formula is C42H36ClF3N10O4S2. The standard InChI is InChI=1S/C42H36ClF3N10O4S2/c1-22-23(2)62-40-36(22)37(25-12-14-26(43)15-13-25)50-31(38-53-52-24(3)55(38)40)19-34(57)47-16-17-48-35(58)21-61-41-51-30-10-6-4-8-28(30)32-18-27(54-56(32)41)20-49-39(59)29-9-5-7-11-33(29)60-42(44,45)46/h4-15,18,31H,16-17,19-21H2,1-3H3,(H,47,57)(H,48,58)(H,49,59). The number of thioether (sulfide) groups is 1. The highest BCUT2D eigenvalue weighted by molar-refractivity contribution is 7.99. The average Bonchev–Trinajstić information content (AvgIpc) is 3.91. The molecule has 4 aromatic heterocycles. The fraction of sp³-hybridized carbons (Fsp3) is 0.238. The van der Waals surface area contributed by atoms with Crippen LogP contribution in [0.25, 0.3) is 21.4 Å². The van der Waals surface area contributed by atoms with Crippen LogP contribution in [0.2, 0.25) is 5.02 Å². The Morgan fingerprint density at radius 3 is 2.42 bits per heavy atom. The quantitative estimate of drug-likeness (QED) is 0.0614. The van der Waals surface area contributed by atoms with Gasteiger partial charge in [-0.05, 0) is 62.7 Å². The number of carbonyl (C=O) groups excluding carboxylic acids is 3. The molecule has 3 aromatic carbocycles. The molecule has 14 nitrogen and oxygen atoms in total. The van der Waals surface area contributed by atoms with Crippen molar-refractivity contribution >= 4 is 74.6 Å². The highest BCUT2D eigenvalue weighted by Gasteiger charge is 2.34. The molecule has 5 heterocycles. The molecule has 20 heteroatoms. The predicted molar refractivity (Wildman–Crippen MR) is 229 cm³/mol. The van der Waals surface area contributed by atoms with Gasteiger partial charge in [-0.15, -0.1) is 34.7 Å². The number of halogens is 4.